The van der Waals surface area contributed by atoms with Crippen LogP contribution >= 0.6 is 0 Å². The molecule has 2 atom stereocenters. The van der Waals surface area contributed by atoms with Crippen molar-refractivity contribution in [3.8, 4) is 5.88 Å². The van der Waals surface area contributed by atoms with E-state index in [4.69, 9.17) is 15.2 Å². The van der Waals surface area contributed by atoms with Crippen LogP contribution in [0.15, 0.2) is 18.3 Å². The summed E-state index contributed by atoms with van der Waals surface area (Å²) in [7, 11) is 1.27. The van der Waals surface area contributed by atoms with Crippen molar-refractivity contribution < 1.29 is 27.8 Å². The highest BCUT2D eigenvalue weighted by Gasteiger charge is 2.25. The van der Waals surface area contributed by atoms with E-state index in [9.17, 15) is 18.4 Å². The molecule has 0 saturated carbocycles. The predicted octanol–water partition coefficient (Wildman–Crippen LogP) is 4.10. The summed E-state index contributed by atoms with van der Waals surface area (Å²) in [6, 6.07) is 1.13. The maximum atomic E-state index is 14.9. The standard InChI is InChI=1S/C23H32F2N6O4/c1-7-8-17(12(2)28-22(33)35-23(3,4)5)30-20-15(24)10-14(18(26)32)19(31-20)29-13-9-16(25)21(34-6)27-11-13/h9-12,17H,7-8H2,1-6H3,(H2,26,32)(H,28,33)(H2,29,30,31)/t12-,17+/m0/s1. The minimum Gasteiger partial charge on any atom is -0.479 e. The molecule has 10 nitrogen and oxygen atoms in total. The van der Waals surface area contributed by atoms with Crippen molar-refractivity contribution in [2.75, 3.05) is 17.7 Å². The smallest absolute Gasteiger partial charge is 0.407 e. The summed E-state index contributed by atoms with van der Waals surface area (Å²) in [6.45, 7) is 8.93. The lowest BCUT2D eigenvalue weighted by Crippen LogP contribution is -2.46. The van der Waals surface area contributed by atoms with Gasteiger partial charge in [-0.05, 0) is 40.2 Å². The first-order valence-electron chi connectivity index (χ1n) is 11.1. The van der Waals surface area contributed by atoms with Crippen molar-refractivity contribution in [2.45, 2.75) is 65.1 Å². The fraction of sp³-hybridized carbons (Fsp3) is 0.478. The Hall–Kier alpha value is -3.70. The summed E-state index contributed by atoms with van der Waals surface area (Å²) in [6.07, 6.45) is 1.94. The van der Waals surface area contributed by atoms with Crippen molar-refractivity contribution in [3.05, 3.63) is 35.5 Å². The number of carbonyl (C=O) groups excluding carboxylic acids is 2. The second-order valence-corrected chi connectivity index (χ2v) is 8.89. The van der Waals surface area contributed by atoms with Crippen LogP contribution in [0.2, 0.25) is 0 Å². The molecular weight excluding hydrogens is 462 g/mol. The van der Waals surface area contributed by atoms with Gasteiger partial charge in [-0.1, -0.05) is 13.3 Å². The fourth-order valence-corrected chi connectivity index (χ4v) is 3.18. The molecule has 0 fully saturated rings. The highest BCUT2D eigenvalue weighted by molar-refractivity contribution is 5.98. The second kappa shape index (κ2) is 11.6. The van der Waals surface area contributed by atoms with E-state index in [-0.39, 0.29) is 28.8 Å². The van der Waals surface area contributed by atoms with Gasteiger partial charge in [0, 0.05) is 18.2 Å². The number of nitrogens with two attached hydrogens (primary N) is 1. The van der Waals surface area contributed by atoms with E-state index in [0.29, 0.717) is 6.42 Å². The highest BCUT2D eigenvalue weighted by atomic mass is 19.1. The van der Waals surface area contributed by atoms with E-state index in [1.54, 1.807) is 27.7 Å². The summed E-state index contributed by atoms with van der Waals surface area (Å²) in [5.41, 5.74) is 4.61. The third-order valence-electron chi connectivity index (χ3n) is 4.77. The zero-order valence-electron chi connectivity index (χ0n) is 20.7. The monoisotopic (exact) mass is 494 g/mol. The summed E-state index contributed by atoms with van der Waals surface area (Å²) in [5, 5.41) is 8.46. The third kappa shape index (κ3) is 7.94. The number of pyridine rings is 2. The molecule has 2 rings (SSSR count). The summed E-state index contributed by atoms with van der Waals surface area (Å²) >= 11 is 0. The molecule has 0 saturated heterocycles. The Morgan fingerprint density at radius 1 is 1.17 bits per heavy atom. The van der Waals surface area contributed by atoms with E-state index in [2.05, 4.69) is 25.9 Å². The number of rotatable bonds is 10. The molecule has 2 aromatic rings. The van der Waals surface area contributed by atoms with Crippen LogP contribution in [0.1, 0.15) is 57.8 Å². The Morgan fingerprint density at radius 2 is 1.86 bits per heavy atom. The molecule has 0 aliphatic heterocycles. The molecule has 192 valence electrons. The van der Waals surface area contributed by atoms with Crippen LogP contribution in [-0.4, -0.2) is 46.8 Å². The molecule has 0 aromatic carbocycles. The Labute approximate surface area is 203 Å². The molecule has 12 heteroatoms. The first-order chi connectivity index (χ1) is 16.3. The van der Waals surface area contributed by atoms with E-state index in [1.807, 2.05) is 6.92 Å². The van der Waals surface area contributed by atoms with Gasteiger partial charge in [0.1, 0.15) is 11.4 Å². The molecule has 0 bridgehead atoms. The summed E-state index contributed by atoms with van der Waals surface area (Å²) in [5.74, 6) is -3.00. The van der Waals surface area contributed by atoms with Gasteiger partial charge in [-0.15, -0.1) is 0 Å². The van der Waals surface area contributed by atoms with E-state index in [1.165, 1.54) is 13.3 Å². The van der Waals surface area contributed by atoms with Crippen molar-refractivity contribution in [1.29, 1.82) is 0 Å². The Balaban J connectivity index is 2.33. The zero-order valence-corrected chi connectivity index (χ0v) is 20.7. The molecule has 0 aliphatic rings. The topological polar surface area (TPSA) is 140 Å². The summed E-state index contributed by atoms with van der Waals surface area (Å²) in [4.78, 5) is 32.1. The largest absolute Gasteiger partial charge is 0.479 e. The zero-order chi connectivity index (χ0) is 26.3. The number of anilines is 3. The van der Waals surface area contributed by atoms with Crippen molar-refractivity contribution in [3.63, 3.8) is 0 Å². The van der Waals surface area contributed by atoms with Crippen molar-refractivity contribution in [2.24, 2.45) is 5.73 Å². The molecule has 0 aliphatic carbocycles. The maximum Gasteiger partial charge on any atom is 0.407 e. The number of nitrogens with one attached hydrogen (secondary N) is 3. The number of hydrogen-bond donors (Lipinski definition) is 4. The molecule has 2 aromatic heterocycles. The molecule has 0 radical (unpaired) electrons. The lowest BCUT2D eigenvalue weighted by atomic mass is 10.0. The second-order valence-electron chi connectivity index (χ2n) is 8.89. The van der Waals surface area contributed by atoms with Gasteiger partial charge in [-0.3, -0.25) is 4.79 Å². The third-order valence-corrected chi connectivity index (χ3v) is 4.77. The van der Waals surface area contributed by atoms with Gasteiger partial charge in [0.2, 0.25) is 5.88 Å². The van der Waals surface area contributed by atoms with Crippen molar-refractivity contribution >= 4 is 29.3 Å². The van der Waals surface area contributed by atoms with Crippen LogP contribution in [0.3, 0.4) is 0 Å². The normalized spacial score (nSPS) is 12.9. The van der Waals surface area contributed by atoms with Gasteiger partial charge in [0.05, 0.1) is 24.6 Å². The molecular formula is C23H32F2N6O4. The lowest BCUT2D eigenvalue weighted by molar-refractivity contribution is 0.0502. The average molecular weight is 495 g/mol. The molecule has 0 spiro atoms. The summed E-state index contributed by atoms with van der Waals surface area (Å²) < 4.78 is 39.0. The highest BCUT2D eigenvalue weighted by Crippen LogP contribution is 2.26. The Morgan fingerprint density at radius 3 is 2.40 bits per heavy atom. The van der Waals surface area contributed by atoms with Crippen LogP contribution in [-0.2, 0) is 4.74 Å². The minimum atomic E-state index is -0.933. The number of halogens is 2. The number of alkyl carbamates (subject to hydrolysis) is 1. The fourth-order valence-electron chi connectivity index (χ4n) is 3.18. The van der Waals surface area contributed by atoms with Crippen LogP contribution in [0, 0.1) is 11.6 Å². The number of amides is 2. The Kier molecular flexibility index (Phi) is 9.15. The number of aromatic nitrogens is 2. The number of hydrogen-bond acceptors (Lipinski definition) is 8. The number of methoxy groups -OCH3 is 1. The minimum absolute atomic E-state index is 0.101. The van der Waals surface area contributed by atoms with Gasteiger partial charge in [-0.2, -0.15) is 0 Å². The van der Waals surface area contributed by atoms with Gasteiger partial charge < -0.3 is 31.2 Å². The van der Waals surface area contributed by atoms with Crippen molar-refractivity contribution in [1.82, 2.24) is 15.3 Å². The van der Waals surface area contributed by atoms with Gasteiger partial charge in [0.25, 0.3) is 5.91 Å². The number of primary amides is 1. The van der Waals surface area contributed by atoms with Crippen LogP contribution < -0.4 is 26.4 Å². The first kappa shape index (κ1) is 27.5. The van der Waals surface area contributed by atoms with E-state index in [0.717, 1.165) is 18.6 Å². The molecule has 35 heavy (non-hydrogen) atoms. The maximum absolute atomic E-state index is 14.9. The quantitative estimate of drug-likeness (QED) is 0.387. The molecule has 2 heterocycles. The number of nitrogens with zero attached hydrogens (tertiary/aromatic N) is 2. The average Bonchev–Trinajstić information content (AvgIpc) is 2.73. The van der Waals surface area contributed by atoms with Gasteiger partial charge in [0.15, 0.2) is 17.5 Å². The van der Waals surface area contributed by atoms with Crippen LogP contribution in [0.5, 0.6) is 5.88 Å². The SMILES string of the molecule is CCC[C@@H](Nc1nc(Nc2cnc(OC)c(F)c2)c(C(N)=O)cc1F)[C@H](C)NC(=O)OC(C)(C)C. The molecule has 0 unspecified atom stereocenters. The van der Waals surface area contributed by atoms with E-state index >= 15 is 0 Å². The van der Waals surface area contributed by atoms with Gasteiger partial charge in [-0.25, -0.2) is 23.5 Å². The molecule has 2 amide bonds. The predicted molar refractivity (Wildman–Crippen MR) is 128 cm³/mol. The Bertz CT molecular complexity index is 1060. The van der Waals surface area contributed by atoms with Crippen LogP contribution in [0.25, 0.3) is 0 Å². The van der Waals surface area contributed by atoms with E-state index < -0.39 is 41.3 Å². The van der Waals surface area contributed by atoms with Crippen LogP contribution in [0.4, 0.5) is 30.9 Å². The number of carbonyl (C=O) groups is 2. The lowest BCUT2D eigenvalue weighted by Gasteiger charge is -2.28. The number of ether oxygens (including phenoxy) is 2. The molecule has 5 N–H and O–H groups in total. The van der Waals surface area contributed by atoms with Gasteiger partial charge >= 0.3 is 6.09 Å². The first-order valence-corrected chi connectivity index (χ1v) is 11.1.